The molecule has 1 saturated heterocycles. The predicted molar refractivity (Wildman–Crippen MR) is 88.0 cm³/mol. The number of carbonyl (C=O) groups is 3. The number of carbonyl (C=O) groups excluding carboxylic acids is 3. The summed E-state index contributed by atoms with van der Waals surface area (Å²) >= 11 is 0. The quantitative estimate of drug-likeness (QED) is 0.828. The van der Waals surface area contributed by atoms with Crippen LogP contribution in [0.25, 0.3) is 0 Å². The van der Waals surface area contributed by atoms with E-state index in [2.05, 4.69) is 5.32 Å². The van der Waals surface area contributed by atoms with Gasteiger partial charge in [-0.05, 0) is 30.9 Å². The number of amides is 2. The van der Waals surface area contributed by atoms with Crippen LogP contribution in [0.1, 0.15) is 29.6 Å². The van der Waals surface area contributed by atoms with Crippen molar-refractivity contribution < 1.29 is 19.1 Å². The highest BCUT2D eigenvalue weighted by molar-refractivity contribution is 6.00. The lowest BCUT2D eigenvalue weighted by Gasteiger charge is -2.37. The number of ketones is 1. The van der Waals surface area contributed by atoms with Gasteiger partial charge in [0.1, 0.15) is 11.4 Å². The molecule has 2 saturated carbocycles. The molecule has 4 aliphatic rings. The zero-order chi connectivity index (χ0) is 17.2. The second-order valence-electron chi connectivity index (χ2n) is 7.63. The minimum absolute atomic E-state index is 0.0545. The largest absolute Gasteiger partial charge is 0.486 e. The first-order valence-corrected chi connectivity index (χ1v) is 8.96. The summed E-state index contributed by atoms with van der Waals surface area (Å²) in [5.41, 5.74) is 0.113. The first-order chi connectivity index (χ1) is 12.1. The monoisotopic (exact) mass is 340 g/mol. The maximum atomic E-state index is 12.9. The van der Waals surface area contributed by atoms with Crippen molar-refractivity contribution in [1.82, 2.24) is 10.2 Å². The second kappa shape index (κ2) is 5.07. The summed E-state index contributed by atoms with van der Waals surface area (Å²) in [6, 6.07) is 7.37. The van der Waals surface area contributed by atoms with Crippen LogP contribution in [0.2, 0.25) is 0 Å². The van der Waals surface area contributed by atoms with Crippen LogP contribution in [0.5, 0.6) is 5.75 Å². The van der Waals surface area contributed by atoms with E-state index in [0.717, 1.165) is 12.8 Å². The topological polar surface area (TPSA) is 75.7 Å². The van der Waals surface area contributed by atoms with Gasteiger partial charge in [-0.1, -0.05) is 12.1 Å². The molecule has 1 aromatic carbocycles. The maximum Gasteiger partial charge on any atom is 0.239 e. The van der Waals surface area contributed by atoms with E-state index in [-0.39, 0.29) is 41.9 Å². The number of para-hydroxylation sites is 1. The Hall–Kier alpha value is -2.37. The lowest BCUT2D eigenvalue weighted by Crippen LogP contribution is -2.51. The van der Waals surface area contributed by atoms with E-state index in [1.54, 1.807) is 11.0 Å². The molecule has 0 bridgehead atoms. The Morgan fingerprint density at radius 2 is 2.12 bits per heavy atom. The maximum absolute atomic E-state index is 12.9. The van der Waals surface area contributed by atoms with Gasteiger partial charge in [0, 0.05) is 24.9 Å². The van der Waals surface area contributed by atoms with Crippen molar-refractivity contribution in [3.05, 3.63) is 29.8 Å². The number of hydrogen-bond donors (Lipinski definition) is 1. The van der Waals surface area contributed by atoms with Crippen molar-refractivity contribution in [3.8, 4) is 5.75 Å². The van der Waals surface area contributed by atoms with E-state index in [9.17, 15) is 14.4 Å². The van der Waals surface area contributed by atoms with Gasteiger partial charge in [0.2, 0.25) is 11.8 Å². The molecule has 0 aromatic heterocycles. The Bertz CT molecular complexity index is 791. The van der Waals surface area contributed by atoms with Crippen LogP contribution in [0, 0.1) is 17.8 Å². The molecule has 0 unspecified atom stereocenters. The fourth-order valence-corrected chi connectivity index (χ4v) is 5.14. The molecule has 25 heavy (non-hydrogen) atoms. The van der Waals surface area contributed by atoms with Gasteiger partial charge in [0.25, 0.3) is 0 Å². The van der Waals surface area contributed by atoms with Crippen LogP contribution in [-0.2, 0) is 9.59 Å². The summed E-state index contributed by atoms with van der Waals surface area (Å²) < 4.78 is 6.32. The van der Waals surface area contributed by atoms with Crippen molar-refractivity contribution in [2.75, 3.05) is 19.6 Å². The third-order valence-corrected chi connectivity index (χ3v) is 6.27. The van der Waals surface area contributed by atoms with Crippen molar-refractivity contribution in [2.45, 2.75) is 24.9 Å². The van der Waals surface area contributed by atoms with Crippen molar-refractivity contribution in [2.24, 2.45) is 17.8 Å². The highest BCUT2D eigenvalue weighted by Gasteiger charge is 2.71. The normalized spacial score (nSPS) is 35.7. The lowest BCUT2D eigenvalue weighted by atomic mass is 9.84. The molecule has 0 radical (unpaired) electrons. The highest BCUT2D eigenvalue weighted by atomic mass is 16.5. The summed E-state index contributed by atoms with van der Waals surface area (Å²) in [5.74, 6) is 1.00. The molecular formula is C19H20N2O4. The number of nitrogens with one attached hydrogen (secondary N) is 1. The standard InChI is InChI=1S/C19H20N2O4/c22-13-9-19(25-14-4-2-1-3-11(13)14)6-5-12-16(17(12)19)18(24)21-8-7-20-15(23)10-21/h1-4,12,16-17H,5-10H2,(H,20,23)/t12-,16+,17-,19+/m0/s1. The van der Waals surface area contributed by atoms with Crippen LogP contribution in [0.3, 0.4) is 0 Å². The van der Waals surface area contributed by atoms with Crippen molar-refractivity contribution in [1.29, 1.82) is 0 Å². The van der Waals surface area contributed by atoms with Gasteiger partial charge in [-0.25, -0.2) is 0 Å². The minimum Gasteiger partial charge on any atom is -0.486 e. The third-order valence-electron chi connectivity index (χ3n) is 6.27. The van der Waals surface area contributed by atoms with Crippen molar-refractivity contribution in [3.63, 3.8) is 0 Å². The van der Waals surface area contributed by atoms with E-state index in [1.165, 1.54) is 0 Å². The van der Waals surface area contributed by atoms with Gasteiger partial charge in [0.05, 0.1) is 18.5 Å². The van der Waals surface area contributed by atoms with E-state index in [1.807, 2.05) is 18.2 Å². The SMILES string of the molecule is O=C1CN(C(=O)[C@@H]2[C@@H]3CC[C@@]4(CC(=O)c5ccccc5O4)[C@@H]32)CCN1. The number of ether oxygens (including phenoxy) is 1. The molecule has 4 atom stereocenters. The number of fused-ring (bicyclic) bond motifs is 3. The summed E-state index contributed by atoms with van der Waals surface area (Å²) in [6.07, 6.45) is 2.10. The number of nitrogens with zero attached hydrogens (tertiary/aromatic N) is 1. The molecule has 6 heteroatoms. The minimum atomic E-state index is -0.533. The summed E-state index contributed by atoms with van der Waals surface area (Å²) in [6.45, 7) is 1.22. The fourth-order valence-electron chi connectivity index (χ4n) is 5.14. The first-order valence-electron chi connectivity index (χ1n) is 8.96. The fraction of sp³-hybridized carbons (Fsp3) is 0.526. The number of benzene rings is 1. The Balaban J connectivity index is 1.39. The van der Waals surface area contributed by atoms with E-state index in [4.69, 9.17) is 4.74 Å². The summed E-state index contributed by atoms with van der Waals surface area (Å²) in [5, 5.41) is 2.75. The van der Waals surface area contributed by atoms with Gasteiger partial charge in [-0.3, -0.25) is 14.4 Å². The number of Topliss-reactive ketones (excluding diaryl/α,β-unsaturated/α-hetero) is 1. The number of rotatable bonds is 1. The van der Waals surface area contributed by atoms with Crippen LogP contribution >= 0.6 is 0 Å². The number of piperazine rings is 1. The van der Waals surface area contributed by atoms with Crippen molar-refractivity contribution >= 4 is 17.6 Å². The molecule has 130 valence electrons. The van der Waals surface area contributed by atoms with E-state index < -0.39 is 5.60 Å². The van der Waals surface area contributed by atoms with Gasteiger partial charge in [0.15, 0.2) is 5.78 Å². The highest BCUT2D eigenvalue weighted by Crippen LogP contribution is 2.66. The van der Waals surface area contributed by atoms with Crippen LogP contribution < -0.4 is 10.1 Å². The Morgan fingerprint density at radius 1 is 1.28 bits per heavy atom. The van der Waals surface area contributed by atoms with Gasteiger partial charge in [-0.15, -0.1) is 0 Å². The zero-order valence-electron chi connectivity index (χ0n) is 13.9. The smallest absolute Gasteiger partial charge is 0.239 e. The predicted octanol–water partition coefficient (Wildman–Crippen LogP) is 1.00. The molecule has 1 spiro atoms. The molecule has 2 aliphatic heterocycles. The Labute approximate surface area is 145 Å². The zero-order valence-corrected chi connectivity index (χ0v) is 13.9. The molecule has 5 rings (SSSR count). The van der Waals surface area contributed by atoms with Gasteiger partial charge in [-0.2, -0.15) is 0 Å². The van der Waals surface area contributed by atoms with Crippen LogP contribution in [-0.4, -0.2) is 47.7 Å². The molecule has 2 amide bonds. The average molecular weight is 340 g/mol. The second-order valence-corrected chi connectivity index (χ2v) is 7.63. The Morgan fingerprint density at radius 3 is 2.96 bits per heavy atom. The molecule has 1 aromatic rings. The molecule has 2 heterocycles. The van der Waals surface area contributed by atoms with Crippen LogP contribution in [0.15, 0.2) is 24.3 Å². The van der Waals surface area contributed by atoms with Crippen LogP contribution in [0.4, 0.5) is 0 Å². The van der Waals surface area contributed by atoms with Gasteiger partial charge < -0.3 is 15.0 Å². The lowest BCUT2D eigenvalue weighted by molar-refractivity contribution is -0.140. The summed E-state index contributed by atoms with van der Waals surface area (Å²) in [7, 11) is 0. The molecular weight excluding hydrogens is 320 g/mol. The average Bonchev–Trinajstić information content (AvgIpc) is 3.25. The first kappa shape index (κ1) is 14.9. The molecule has 2 aliphatic carbocycles. The summed E-state index contributed by atoms with van der Waals surface area (Å²) in [4.78, 5) is 38.7. The van der Waals surface area contributed by atoms with E-state index in [0.29, 0.717) is 30.8 Å². The Kier molecular flexibility index (Phi) is 3.03. The van der Waals surface area contributed by atoms with E-state index >= 15 is 0 Å². The third kappa shape index (κ3) is 2.12. The molecule has 3 fully saturated rings. The molecule has 1 N–H and O–H groups in total. The molecule has 6 nitrogen and oxygen atoms in total. The number of hydrogen-bond acceptors (Lipinski definition) is 4. The van der Waals surface area contributed by atoms with Gasteiger partial charge >= 0.3 is 0 Å².